The van der Waals surface area contributed by atoms with Gasteiger partial charge in [0.25, 0.3) is 0 Å². The van der Waals surface area contributed by atoms with E-state index in [1.807, 2.05) is 16.9 Å². The number of nitrogens with zero attached hydrogens (tertiary/aromatic N) is 3. The molecule has 0 radical (unpaired) electrons. The van der Waals surface area contributed by atoms with Crippen molar-refractivity contribution in [1.82, 2.24) is 14.7 Å². The van der Waals surface area contributed by atoms with Crippen molar-refractivity contribution < 1.29 is 0 Å². The van der Waals surface area contributed by atoms with Crippen LogP contribution in [0.3, 0.4) is 0 Å². The van der Waals surface area contributed by atoms with Crippen LogP contribution < -0.4 is 0 Å². The maximum atomic E-state index is 4.26. The first-order valence-electron chi connectivity index (χ1n) is 8.61. The minimum Gasteiger partial charge on any atom is -0.296 e. The normalized spacial score (nSPS) is 18.9. The average Bonchev–Trinajstić information content (AvgIpc) is 3.19. The van der Waals surface area contributed by atoms with Crippen LogP contribution in [0.1, 0.15) is 49.3 Å². The molecule has 3 heteroatoms. The van der Waals surface area contributed by atoms with Crippen LogP contribution in [0.2, 0.25) is 0 Å². The van der Waals surface area contributed by atoms with Crippen LogP contribution in [0.25, 0.3) is 0 Å². The molecule has 0 spiro atoms. The summed E-state index contributed by atoms with van der Waals surface area (Å²) in [6.45, 7) is 5.79. The Labute approximate surface area is 133 Å². The highest BCUT2D eigenvalue weighted by Gasteiger charge is 2.26. The highest BCUT2D eigenvalue weighted by Crippen LogP contribution is 2.33. The van der Waals surface area contributed by atoms with Gasteiger partial charge in [0, 0.05) is 25.0 Å². The molecule has 1 atom stereocenters. The van der Waals surface area contributed by atoms with Crippen molar-refractivity contribution in [1.29, 1.82) is 0 Å². The minimum absolute atomic E-state index is 0.646. The Bertz CT molecular complexity index is 562. The molecule has 1 saturated heterocycles. The molecule has 118 valence electrons. The second-order valence-electron chi connectivity index (χ2n) is 6.38. The smallest absolute Gasteiger partial charge is 0.0489 e. The van der Waals surface area contributed by atoms with Gasteiger partial charge in [-0.3, -0.25) is 9.58 Å². The fraction of sp³-hybridized carbons (Fsp3) is 0.526. The van der Waals surface area contributed by atoms with Crippen LogP contribution in [-0.4, -0.2) is 27.8 Å². The summed E-state index contributed by atoms with van der Waals surface area (Å²) < 4.78 is 2.03. The number of aryl methyl sites for hydroxylation is 2. The van der Waals surface area contributed by atoms with Crippen molar-refractivity contribution in [3.05, 3.63) is 53.9 Å². The van der Waals surface area contributed by atoms with Crippen LogP contribution in [0, 0.1) is 6.92 Å². The van der Waals surface area contributed by atoms with E-state index in [-0.39, 0.29) is 0 Å². The molecule has 2 heterocycles. The van der Waals surface area contributed by atoms with Gasteiger partial charge in [-0.25, -0.2) is 0 Å². The van der Waals surface area contributed by atoms with Crippen molar-refractivity contribution in [2.45, 2.75) is 51.6 Å². The van der Waals surface area contributed by atoms with Gasteiger partial charge in [0.1, 0.15) is 0 Å². The molecule has 0 bridgehead atoms. The van der Waals surface area contributed by atoms with Crippen molar-refractivity contribution in [3.63, 3.8) is 0 Å². The standard InChI is InChI=1S/C19H27N3/c1-17-9-3-4-10-18(17)19-11-7-14-21(19)13-5-2-6-15-22-16-8-12-20-22/h3-4,8-10,12,16,19H,2,5-7,11,13-15H2,1H3. The lowest BCUT2D eigenvalue weighted by molar-refractivity contribution is 0.249. The first kappa shape index (κ1) is 15.3. The van der Waals surface area contributed by atoms with Gasteiger partial charge in [-0.15, -0.1) is 0 Å². The largest absolute Gasteiger partial charge is 0.296 e. The fourth-order valence-corrected chi connectivity index (χ4v) is 3.60. The molecule has 0 aliphatic carbocycles. The molecule has 1 unspecified atom stereocenters. The summed E-state index contributed by atoms with van der Waals surface area (Å²) >= 11 is 0. The summed E-state index contributed by atoms with van der Waals surface area (Å²) in [5, 5.41) is 4.26. The average molecular weight is 297 g/mol. The molecule has 1 aliphatic rings. The van der Waals surface area contributed by atoms with E-state index in [0.29, 0.717) is 6.04 Å². The highest BCUT2D eigenvalue weighted by atomic mass is 15.3. The number of hydrogen-bond donors (Lipinski definition) is 0. The topological polar surface area (TPSA) is 21.1 Å². The maximum absolute atomic E-state index is 4.26. The van der Waals surface area contributed by atoms with Gasteiger partial charge in [-0.1, -0.05) is 30.7 Å². The second-order valence-corrected chi connectivity index (χ2v) is 6.38. The van der Waals surface area contributed by atoms with E-state index in [0.717, 1.165) is 6.54 Å². The molecule has 1 aromatic heterocycles. The quantitative estimate of drug-likeness (QED) is 0.714. The van der Waals surface area contributed by atoms with E-state index in [1.165, 1.54) is 56.3 Å². The van der Waals surface area contributed by atoms with Crippen LogP contribution in [0.15, 0.2) is 42.7 Å². The summed E-state index contributed by atoms with van der Waals surface area (Å²) in [5.74, 6) is 0. The third-order valence-corrected chi connectivity index (χ3v) is 4.80. The van der Waals surface area contributed by atoms with Gasteiger partial charge in [0.05, 0.1) is 0 Å². The van der Waals surface area contributed by atoms with Crippen LogP contribution in [-0.2, 0) is 6.54 Å². The van der Waals surface area contributed by atoms with E-state index in [2.05, 4.69) is 47.4 Å². The summed E-state index contributed by atoms with van der Waals surface area (Å²) in [6.07, 6.45) is 10.4. The third-order valence-electron chi connectivity index (χ3n) is 4.80. The van der Waals surface area contributed by atoms with Crippen LogP contribution in [0.5, 0.6) is 0 Å². The predicted molar refractivity (Wildman–Crippen MR) is 90.8 cm³/mol. The van der Waals surface area contributed by atoms with Crippen LogP contribution in [0.4, 0.5) is 0 Å². The number of hydrogen-bond acceptors (Lipinski definition) is 2. The number of unbranched alkanes of at least 4 members (excludes halogenated alkanes) is 2. The Kier molecular flexibility index (Phi) is 5.28. The Morgan fingerprint density at radius 1 is 1.09 bits per heavy atom. The van der Waals surface area contributed by atoms with E-state index in [9.17, 15) is 0 Å². The molecule has 1 fully saturated rings. The second kappa shape index (κ2) is 7.59. The van der Waals surface area contributed by atoms with Crippen molar-refractivity contribution in [3.8, 4) is 0 Å². The van der Waals surface area contributed by atoms with E-state index < -0.39 is 0 Å². The zero-order valence-corrected chi connectivity index (χ0v) is 13.6. The zero-order valence-electron chi connectivity index (χ0n) is 13.6. The molecule has 3 rings (SSSR count). The van der Waals surface area contributed by atoms with Gasteiger partial charge in [0.2, 0.25) is 0 Å². The summed E-state index contributed by atoms with van der Waals surface area (Å²) in [4.78, 5) is 2.69. The molecule has 0 saturated carbocycles. The van der Waals surface area contributed by atoms with Gasteiger partial charge < -0.3 is 0 Å². The predicted octanol–water partition coefficient (Wildman–Crippen LogP) is 4.20. The van der Waals surface area contributed by atoms with Crippen molar-refractivity contribution >= 4 is 0 Å². The summed E-state index contributed by atoms with van der Waals surface area (Å²) in [7, 11) is 0. The van der Waals surface area contributed by atoms with Gasteiger partial charge in [0.15, 0.2) is 0 Å². The molecule has 0 amide bonds. The number of rotatable bonds is 7. The molecular formula is C19H27N3. The number of aromatic nitrogens is 2. The molecule has 1 aliphatic heterocycles. The van der Waals surface area contributed by atoms with Gasteiger partial charge in [-0.2, -0.15) is 5.10 Å². The van der Waals surface area contributed by atoms with E-state index in [4.69, 9.17) is 0 Å². The summed E-state index contributed by atoms with van der Waals surface area (Å²) in [5.41, 5.74) is 2.98. The monoisotopic (exact) mass is 297 g/mol. The number of benzene rings is 1. The zero-order chi connectivity index (χ0) is 15.2. The molecule has 2 aromatic rings. The highest BCUT2D eigenvalue weighted by molar-refractivity contribution is 5.29. The molecular weight excluding hydrogens is 270 g/mol. The Balaban J connectivity index is 1.44. The van der Waals surface area contributed by atoms with E-state index in [1.54, 1.807) is 0 Å². The van der Waals surface area contributed by atoms with Crippen LogP contribution >= 0.6 is 0 Å². The SMILES string of the molecule is Cc1ccccc1C1CCCN1CCCCCn1cccn1. The van der Waals surface area contributed by atoms with Gasteiger partial charge in [-0.05, 0) is 62.9 Å². The molecule has 3 nitrogen and oxygen atoms in total. The third kappa shape index (κ3) is 3.77. The fourth-order valence-electron chi connectivity index (χ4n) is 3.60. The minimum atomic E-state index is 0.646. The lowest BCUT2D eigenvalue weighted by Gasteiger charge is -2.26. The first-order chi connectivity index (χ1) is 10.8. The first-order valence-corrected chi connectivity index (χ1v) is 8.61. The Morgan fingerprint density at radius 2 is 1.95 bits per heavy atom. The molecule has 22 heavy (non-hydrogen) atoms. The lowest BCUT2D eigenvalue weighted by atomic mass is 9.99. The Morgan fingerprint density at radius 3 is 2.77 bits per heavy atom. The van der Waals surface area contributed by atoms with E-state index >= 15 is 0 Å². The van der Waals surface area contributed by atoms with Crippen molar-refractivity contribution in [2.24, 2.45) is 0 Å². The summed E-state index contributed by atoms with van der Waals surface area (Å²) in [6, 6.07) is 11.5. The number of likely N-dealkylation sites (tertiary alicyclic amines) is 1. The Hall–Kier alpha value is -1.61. The maximum Gasteiger partial charge on any atom is 0.0489 e. The molecule has 1 aromatic carbocycles. The van der Waals surface area contributed by atoms with Crippen molar-refractivity contribution in [2.75, 3.05) is 13.1 Å². The lowest BCUT2D eigenvalue weighted by Crippen LogP contribution is -2.25. The van der Waals surface area contributed by atoms with Gasteiger partial charge >= 0.3 is 0 Å². The molecule has 0 N–H and O–H groups in total.